The zero-order valence-corrected chi connectivity index (χ0v) is 17.5. The number of rotatable bonds is 4. The Bertz CT molecular complexity index is 1270. The number of phenolic OH excluding ortho intramolecular Hbond substituents is 1. The zero-order chi connectivity index (χ0) is 20.9. The molecular formula is C23H26N4O2. The number of hydrogen-bond donors (Lipinski definition) is 2. The number of phenols is 1. The van der Waals surface area contributed by atoms with Crippen molar-refractivity contribution in [2.45, 2.75) is 13.8 Å². The van der Waals surface area contributed by atoms with E-state index in [9.17, 15) is 9.90 Å². The minimum atomic E-state index is -0.170. The van der Waals surface area contributed by atoms with Gasteiger partial charge in [-0.25, -0.2) is 0 Å². The third-order valence-electron chi connectivity index (χ3n) is 5.73. The van der Waals surface area contributed by atoms with Crippen LogP contribution in [0.2, 0.25) is 0 Å². The quantitative estimate of drug-likeness (QED) is 0.560. The molecule has 2 N–H and O–H groups in total. The molecule has 2 aromatic carbocycles. The van der Waals surface area contributed by atoms with E-state index < -0.39 is 0 Å². The van der Waals surface area contributed by atoms with Gasteiger partial charge in [0.05, 0.1) is 5.52 Å². The predicted molar refractivity (Wildman–Crippen MR) is 118 cm³/mol. The van der Waals surface area contributed by atoms with Gasteiger partial charge in [0.25, 0.3) is 5.91 Å². The smallest absolute Gasteiger partial charge is 0.270 e. The van der Waals surface area contributed by atoms with E-state index >= 15 is 0 Å². The molecule has 0 saturated carbocycles. The van der Waals surface area contributed by atoms with Gasteiger partial charge in [0.2, 0.25) is 0 Å². The van der Waals surface area contributed by atoms with Crippen molar-refractivity contribution in [2.75, 3.05) is 27.2 Å². The minimum absolute atomic E-state index is 0.170. The van der Waals surface area contributed by atoms with Gasteiger partial charge in [-0.3, -0.25) is 9.78 Å². The highest BCUT2D eigenvalue weighted by Gasteiger charge is 2.19. The van der Waals surface area contributed by atoms with Crippen molar-refractivity contribution in [2.24, 2.45) is 7.05 Å². The number of nitrogens with one attached hydrogen (secondary N) is 1. The Balaban J connectivity index is 1.98. The average Bonchev–Trinajstić information content (AvgIpc) is 2.97. The number of benzene rings is 2. The number of fused-ring (bicyclic) bond motifs is 4. The van der Waals surface area contributed by atoms with Gasteiger partial charge < -0.3 is 19.9 Å². The summed E-state index contributed by atoms with van der Waals surface area (Å²) < 4.78 is 2.16. The Labute approximate surface area is 169 Å². The summed E-state index contributed by atoms with van der Waals surface area (Å²) in [6, 6.07) is 7.68. The molecule has 150 valence electrons. The van der Waals surface area contributed by atoms with E-state index in [1.807, 2.05) is 51.2 Å². The summed E-state index contributed by atoms with van der Waals surface area (Å²) >= 11 is 0. The number of carbonyl (C=O) groups is 1. The molecule has 2 aromatic heterocycles. The second-order valence-corrected chi connectivity index (χ2v) is 7.87. The molecule has 0 radical (unpaired) electrons. The summed E-state index contributed by atoms with van der Waals surface area (Å²) in [6.07, 6.45) is 1.70. The van der Waals surface area contributed by atoms with Gasteiger partial charge >= 0.3 is 0 Å². The van der Waals surface area contributed by atoms with Gasteiger partial charge in [0, 0.05) is 53.6 Å². The van der Waals surface area contributed by atoms with Gasteiger partial charge in [-0.05, 0) is 63.2 Å². The van der Waals surface area contributed by atoms with Crippen LogP contribution >= 0.6 is 0 Å². The van der Waals surface area contributed by atoms with Crippen LogP contribution in [0.15, 0.2) is 30.5 Å². The van der Waals surface area contributed by atoms with Crippen LogP contribution in [0.5, 0.6) is 5.75 Å². The van der Waals surface area contributed by atoms with Crippen LogP contribution in [0.4, 0.5) is 0 Å². The van der Waals surface area contributed by atoms with Crippen LogP contribution in [0.25, 0.3) is 32.6 Å². The van der Waals surface area contributed by atoms with Crippen LogP contribution in [0.1, 0.15) is 21.6 Å². The summed E-state index contributed by atoms with van der Waals surface area (Å²) in [4.78, 5) is 19.3. The number of carbonyl (C=O) groups excluding carboxylic acids is 1. The number of pyridine rings is 1. The molecule has 0 bridgehead atoms. The lowest BCUT2D eigenvalue weighted by Gasteiger charge is -2.12. The fraction of sp³-hybridized carbons (Fsp3) is 0.304. The first-order valence-corrected chi connectivity index (χ1v) is 9.73. The van der Waals surface area contributed by atoms with Crippen LogP contribution in [-0.2, 0) is 7.05 Å². The highest BCUT2D eigenvalue weighted by atomic mass is 16.3. The van der Waals surface area contributed by atoms with Crippen LogP contribution in [-0.4, -0.2) is 52.6 Å². The van der Waals surface area contributed by atoms with E-state index in [4.69, 9.17) is 0 Å². The van der Waals surface area contributed by atoms with Crippen molar-refractivity contribution >= 4 is 38.5 Å². The van der Waals surface area contributed by atoms with Gasteiger partial charge in [0.15, 0.2) is 0 Å². The molecule has 1 amide bonds. The molecule has 0 atom stereocenters. The number of aromatic hydroxyl groups is 1. The molecule has 4 rings (SSSR count). The van der Waals surface area contributed by atoms with Gasteiger partial charge in [0.1, 0.15) is 11.4 Å². The standard InChI is InChI=1S/C23H26N4O2/c1-13-15-8-9-24-21(23(29)25-10-11-26(3)4)16(15)12-17-20-14(2)19(28)7-6-18(20)27(5)22(13)17/h6-9,12,28H,10-11H2,1-5H3,(H,25,29). The molecule has 29 heavy (non-hydrogen) atoms. The van der Waals surface area contributed by atoms with E-state index in [0.717, 1.165) is 50.2 Å². The van der Waals surface area contributed by atoms with Crippen LogP contribution < -0.4 is 5.32 Å². The third-order valence-corrected chi connectivity index (χ3v) is 5.73. The lowest BCUT2D eigenvalue weighted by Crippen LogP contribution is -2.31. The maximum Gasteiger partial charge on any atom is 0.270 e. The largest absolute Gasteiger partial charge is 0.508 e. The SMILES string of the molecule is Cc1c(O)ccc2c1c1cc3c(C(=O)NCCN(C)C)nccc3c(C)c1n2C. The van der Waals surface area contributed by atoms with Gasteiger partial charge in [-0.2, -0.15) is 0 Å². The maximum atomic E-state index is 12.8. The lowest BCUT2D eigenvalue weighted by molar-refractivity contribution is 0.0948. The molecule has 0 saturated heterocycles. The first-order chi connectivity index (χ1) is 13.8. The molecule has 2 heterocycles. The maximum absolute atomic E-state index is 12.8. The Morgan fingerprint density at radius 1 is 1.14 bits per heavy atom. The highest BCUT2D eigenvalue weighted by molar-refractivity contribution is 6.18. The first kappa shape index (κ1) is 19.2. The molecule has 6 heteroatoms. The summed E-state index contributed by atoms with van der Waals surface area (Å²) in [6.45, 7) is 5.33. The second-order valence-electron chi connectivity index (χ2n) is 7.87. The molecule has 4 aromatic rings. The van der Waals surface area contributed by atoms with Crippen molar-refractivity contribution < 1.29 is 9.90 Å². The lowest BCUT2D eigenvalue weighted by atomic mass is 9.98. The monoisotopic (exact) mass is 390 g/mol. The van der Waals surface area contributed by atoms with E-state index in [1.165, 1.54) is 0 Å². The van der Waals surface area contributed by atoms with E-state index in [0.29, 0.717) is 12.2 Å². The normalized spacial score (nSPS) is 11.8. The molecule has 6 nitrogen and oxygen atoms in total. The molecule has 0 aliphatic carbocycles. The number of nitrogens with zero attached hydrogens (tertiary/aromatic N) is 3. The van der Waals surface area contributed by atoms with Crippen molar-refractivity contribution in [1.82, 2.24) is 19.8 Å². The van der Waals surface area contributed by atoms with E-state index in [1.54, 1.807) is 12.3 Å². The topological polar surface area (TPSA) is 70.4 Å². The Morgan fingerprint density at radius 3 is 2.62 bits per heavy atom. The van der Waals surface area contributed by atoms with Crippen LogP contribution in [0.3, 0.4) is 0 Å². The third kappa shape index (κ3) is 3.00. The van der Waals surface area contributed by atoms with E-state index in [-0.39, 0.29) is 11.7 Å². The first-order valence-electron chi connectivity index (χ1n) is 9.73. The Kier molecular flexibility index (Phi) is 4.67. The summed E-state index contributed by atoms with van der Waals surface area (Å²) in [5, 5.41) is 17.1. The number of amides is 1. The molecule has 0 spiro atoms. The van der Waals surface area contributed by atoms with Crippen molar-refractivity contribution in [1.29, 1.82) is 0 Å². The average molecular weight is 390 g/mol. The van der Waals surface area contributed by atoms with Crippen molar-refractivity contribution in [3.63, 3.8) is 0 Å². The Morgan fingerprint density at radius 2 is 1.90 bits per heavy atom. The molecule has 0 aliphatic heterocycles. The summed E-state index contributed by atoms with van der Waals surface area (Å²) in [5.41, 5.74) is 4.53. The van der Waals surface area contributed by atoms with E-state index in [2.05, 4.69) is 21.8 Å². The van der Waals surface area contributed by atoms with Crippen LogP contribution in [0, 0.1) is 13.8 Å². The number of hydrogen-bond acceptors (Lipinski definition) is 4. The summed E-state index contributed by atoms with van der Waals surface area (Å²) in [5.74, 6) is 0.103. The molecule has 0 fully saturated rings. The molecule has 0 aliphatic rings. The van der Waals surface area contributed by atoms with Crippen molar-refractivity contribution in [3.8, 4) is 5.75 Å². The predicted octanol–water partition coefficient (Wildman–Crippen LogP) is 3.49. The van der Waals surface area contributed by atoms with Gasteiger partial charge in [-0.15, -0.1) is 0 Å². The number of likely N-dealkylation sites (N-methyl/N-ethyl adjacent to an activating group) is 1. The number of aromatic nitrogens is 2. The highest BCUT2D eigenvalue weighted by Crippen LogP contribution is 2.39. The fourth-order valence-corrected chi connectivity index (χ4v) is 4.20. The van der Waals surface area contributed by atoms with Crippen molar-refractivity contribution in [3.05, 3.63) is 47.3 Å². The summed E-state index contributed by atoms with van der Waals surface area (Å²) in [7, 11) is 5.98. The fourth-order valence-electron chi connectivity index (χ4n) is 4.20. The minimum Gasteiger partial charge on any atom is -0.508 e. The zero-order valence-electron chi connectivity index (χ0n) is 17.5. The molecule has 0 unspecified atom stereocenters. The number of aryl methyl sites for hydroxylation is 3. The second kappa shape index (κ2) is 7.04. The molecular weight excluding hydrogens is 364 g/mol. The Hall–Kier alpha value is -3.12. The van der Waals surface area contributed by atoms with Gasteiger partial charge in [-0.1, -0.05) is 0 Å².